The Balaban J connectivity index is 2.31. The van der Waals surface area contributed by atoms with Crippen molar-refractivity contribution in [2.45, 2.75) is 0 Å². The molecule has 90 valence electrons. The molecule has 2 aromatic rings. The van der Waals surface area contributed by atoms with Crippen LogP contribution in [0.1, 0.15) is 0 Å². The fraction of sp³-hybridized carbons (Fsp3) is 0.182. The van der Waals surface area contributed by atoms with E-state index in [1.807, 2.05) is 24.3 Å². The molecule has 0 atom stereocenters. The summed E-state index contributed by atoms with van der Waals surface area (Å²) in [6.45, 7) is 0.0936. The van der Waals surface area contributed by atoms with Crippen molar-refractivity contribution in [2.24, 2.45) is 5.73 Å². The van der Waals surface area contributed by atoms with E-state index >= 15 is 0 Å². The molecule has 5 nitrogen and oxygen atoms in total. The van der Waals surface area contributed by atoms with Gasteiger partial charge < -0.3 is 5.73 Å². The number of aromatic nitrogens is 1. The van der Waals surface area contributed by atoms with Crippen LogP contribution in [0, 0.1) is 0 Å². The van der Waals surface area contributed by atoms with Gasteiger partial charge >= 0.3 is 0 Å². The third-order valence-electron chi connectivity index (χ3n) is 2.25. The fourth-order valence-corrected chi connectivity index (χ4v) is 2.40. The van der Waals surface area contributed by atoms with Crippen LogP contribution >= 0.6 is 0 Å². The minimum absolute atomic E-state index is 0.0936. The average Bonchev–Trinajstić information content (AvgIpc) is 2.28. The summed E-state index contributed by atoms with van der Waals surface area (Å²) in [5.41, 5.74) is 6.51. The smallest absolute Gasteiger partial charge is 0.234 e. The van der Waals surface area contributed by atoms with Crippen molar-refractivity contribution >= 4 is 26.6 Å². The average molecular weight is 251 g/mol. The van der Waals surface area contributed by atoms with E-state index in [0.29, 0.717) is 5.69 Å². The number of fused-ring (bicyclic) bond motifs is 1. The van der Waals surface area contributed by atoms with E-state index in [9.17, 15) is 8.42 Å². The lowest BCUT2D eigenvalue weighted by atomic mass is 10.2. The standard InChI is InChI=1S/C11H13N3O2S/c12-5-6-17(15,16)14-10-7-9-3-1-2-4-11(9)13-8-10/h1-4,7-8,14H,5-6,12H2. The van der Waals surface area contributed by atoms with Crippen LogP contribution in [-0.4, -0.2) is 25.7 Å². The van der Waals surface area contributed by atoms with E-state index in [1.54, 1.807) is 6.07 Å². The molecule has 0 unspecified atom stereocenters. The highest BCUT2D eigenvalue weighted by molar-refractivity contribution is 7.92. The van der Waals surface area contributed by atoms with E-state index < -0.39 is 10.0 Å². The predicted molar refractivity (Wildman–Crippen MR) is 68.2 cm³/mol. The van der Waals surface area contributed by atoms with Crippen molar-refractivity contribution in [3.63, 3.8) is 0 Å². The molecule has 0 saturated heterocycles. The fourth-order valence-electron chi connectivity index (χ4n) is 1.51. The van der Waals surface area contributed by atoms with Crippen molar-refractivity contribution in [3.05, 3.63) is 36.5 Å². The normalized spacial score (nSPS) is 11.6. The van der Waals surface area contributed by atoms with Gasteiger partial charge in [0.15, 0.2) is 0 Å². The molecule has 0 aliphatic rings. The second kappa shape index (κ2) is 4.68. The zero-order valence-corrected chi connectivity index (χ0v) is 9.94. The molecule has 0 aliphatic heterocycles. The van der Waals surface area contributed by atoms with Gasteiger partial charge in [-0.15, -0.1) is 0 Å². The van der Waals surface area contributed by atoms with Gasteiger partial charge in [0.05, 0.1) is 23.2 Å². The maximum Gasteiger partial charge on any atom is 0.234 e. The van der Waals surface area contributed by atoms with Gasteiger partial charge in [0.2, 0.25) is 10.0 Å². The molecule has 6 heteroatoms. The Morgan fingerprint density at radius 1 is 1.29 bits per heavy atom. The summed E-state index contributed by atoms with van der Waals surface area (Å²) in [5, 5.41) is 0.889. The molecule has 0 spiro atoms. The SMILES string of the molecule is NCCS(=O)(=O)Nc1cnc2ccccc2c1. The second-order valence-corrected chi connectivity index (χ2v) is 5.47. The Morgan fingerprint density at radius 3 is 2.82 bits per heavy atom. The van der Waals surface area contributed by atoms with Crippen molar-refractivity contribution in [1.29, 1.82) is 0 Å². The van der Waals surface area contributed by atoms with Gasteiger partial charge in [-0.2, -0.15) is 0 Å². The number of pyridine rings is 1. The van der Waals surface area contributed by atoms with Gasteiger partial charge in [0, 0.05) is 11.9 Å². The zero-order valence-electron chi connectivity index (χ0n) is 9.13. The van der Waals surface area contributed by atoms with Gasteiger partial charge in [0.1, 0.15) is 0 Å². The number of hydrogen-bond donors (Lipinski definition) is 2. The zero-order chi connectivity index (χ0) is 12.3. The molecule has 1 aromatic heterocycles. The lowest BCUT2D eigenvalue weighted by Gasteiger charge is -2.07. The highest BCUT2D eigenvalue weighted by atomic mass is 32.2. The Bertz CT molecular complexity index is 625. The number of para-hydroxylation sites is 1. The van der Waals surface area contributed by atoms with Gasteiger partial charge in [-0.1, -0.05) is 18.2 Å². The first-order valence-corrected chi connectivity index (χ1v) is 6.81. The number of rotatable bonds is 4. The number of nitrogens with zero attached hydrogens (tertiary/aromatic N) is 1. The van der Waals surface area contributed by atoms with Gasteiger partial charge in [-0.25, -0.2) is 8.42 Å². The number of hydrogen-bond acceptors (Lipinski definition) is 4. The molecule has 0 bridgehead atoms. The van der Waals surface area contributed by atoms with Gasteiger partial charge in [0.25, 0.3) is 0 Å². The summed E-state index contributed by atoms with van der Waals surface area (Å²) in [7, 11) is -3.37. The van der Waals surface area contributed by atoms with Gasteiger partial charge in [-0.3, -0.25) is 9.71 Å². The number of nitrogens with one attached hydrogen (secondary N) is 1. The first-order chi connectivity index (χ1) is 8.11. The number of benzene rings is 1. The summed E-state index contributed by atoms with van der Waals surface area (Å²) in [6.07, 6.45) is 1.50. The minimum atomic E-state index is -3.37. The summed E-state index contributed by atoms with van der Waals surface area (Å²) in [6, 6.07) is 9.25. The largest absolute Gasteiger partial charge is 0.329 e. The molecule has 3 N–H and O–H groups in total. The van der Waals surface area contributed by atoms with E-state index in [-0.39, 0.29) is 12.3 Å². The van der Waals surface area contributed by atoms with E-state index in [0.717, 1.165) is 10.9 Å². The topological polar surface area (TPSA) is 85.1 Å². The second-order valence-electron chi connectivity index (χ2n) is 3.63. The third-order valence-corrected chi connectivity index (χ3v) is 3.57. The Hall–Kier alpha value is -1.66. The molecule has 2 rings (SSSR count). The molecule has 0 amide bonds. The summed E-state index contributed by atoms with van der Waals surface area (Å²) in [5.74, 6) is -0.0974. The van der Waals surface area contributed by atoms with Crippen LogP contribution in [0.15, 0.2) is 36.5 Å². The van der Waals surface area contributed by atoms with Crippen molar-refractivity contribution in [3.8, 4) is 0 Å². The summed E-state index contributed by atoms with van der Waals surface area (Å²) in [4.78, 5) is 4.17. The quantitative estimate of drug-likeness (QED) is 0.846. The van der Waals surface area contributed by atoms with Gasteiger partial charge in [-0.05, 0) is 12.1 Å². The monoisotopic (exact) mass is 251 g/mol. The van der Waals surface area contributed by atoms with E-state index in [4.69, 9.17) is 5.73 Å². The molecule has 1 heterocycles. The van der Waals surface area contributed by atoms with E-state index in [2.05, 4.69) is 9.71 Å². The molecular weight excluding hydrogens is 238 g/mol. The van der Waals surface area contributed by atoms with Crippen molar-refractivity contribution in [1.82, 2.24) is 4.98 Å². The van der Waals surface area contributed by atoms with Crippen LogP contribution < -0.4 is 10.5 Å². The molecule has 0 aliphatic carbocycles. The summed E-state index contributed by atoms with van der Waals surface area (Å²) < 4.78 is 25.5. The van der Waals surface area contributed by atoms with Crippen LogP contribution in [0.4, 0.5) is 5.69 Å². The number of nitrogens with two attached hydrogens (primary N) is 1. The van der Waals surface area contributed by atoms with Crippen molar-refractivity contribution < 1.29 is 8.42 Å². The Morgan fingerprint density at radius 2 is 2.06 bits per heavy atom. The first-order valence-electron chi connectivity index (χ1n) is 5.16. The number of sulfonamides is 1. The van der Waals surface area contributed by atoms with Crippen LogP contribution in [0.25, 0.3) is 10.9 Å². The Kier molecular flexibility index (Phi) is 3.26. The molecule has 0 saturated carbocycles. The van der Waals surface area contributed by atoms with Crippen LogP contribution in [0.5, 0.6) is 0 Å². The molecular formula is C11H13N3O2S. The van der Waals surface area contributed by atoms with Crippen LogP contribution in [0.3, 0.4) is 0 Å². The van der Waals surface area contributed by atoms with Crippen LogP contribution in [-0.2, 0) is 10.0 Å². The predicted octanol–water partition coefficient (Wildman–Crippen LogP) is 0.935. The maximum atomic E-state index is 11.5. The lowest BCUT2D eigenvalue weighted by molar-refractivity contribution is 0.601. The lowest BCUT2D eigenvalue weighted by Crippen LogP contribution is -2.22. The van der Waals surface area contributed by atoms with E-state index in [1.165, 1.54) is 6.20 Å². The highest BCUT2D eigenvalue weighted by Crippen LogP contribution is 2.16. The molecule has 0 radical (unpaired) electrons. The summed E-state index contributed by atoms with van der Waals surface area (Å²) >= 11 is 0. The number of anilines is 1. The Labute approximate surface area is 99.7 Å². The van der Waals surface area contributed by atoms with Crippen LogP contribution in [0.2, 0.25) is 0 Å². The maximum absolute atomic E-state index is 11.5. The first kappa shape index (κ1) is 11.8. The minimum Gasteiger partial charge on any atom is -0.329 e. The highest BCUT2D eigenvalue weighted by Gasteiger charge is 2.09. The molecule has 17 heavy (non-hydrogen) atoms. The third kappa shape index (κ3) is 2.92. The molecule has 1 aromatic carbocycles. The van der Waals surface area contributed by atoms with Crippen molar-refractivity contribution in [2.75, 3.05) is 17.0 Å². The molecule has 0 fully saturated rings.